The Balaban J connectivity index is 1.80. The average Bonchev–Trinajstić information content (AvgIpc) is 2.60. The number of para-hydroxylation sites is 1. The molecule has 1 aromatic carbocycles. The van der Waals surface area contributed by atoms with Crippen LogP contribution in [0.15, 0.2) is 24.3 Å². The van der Waals surface area contributed by atoms with E-state index in [2.05, 4.69) is 6.92 Å². The van der Waals surface area contributed by atoms with E-state index in [4.69, 9.17) is 9.47 Å². The van der Waals surface area contributed by atoms with Crippen LogP contribution in [0, 0.1) is 0 Å². The molecule has 0 bridgehead atoms. The van der Waals surface area contributed by atoms with Crippen LogP contribution >= 0.6 is 0 Å². The van der Waals surface area contributed by atoms with E-state index in [1.54, 1.807) is 16.7 Å². The second-order valence-corrected chi connectivity index (χ2v) is 5.32. The van der Waals surface area contributed by atoms with E-state index in [0.717, 1.165) is 17.7 Å². The van der Waals surface area contributed by atoms with Crippen molar-refractivity contribution in [2.75, 3.05) is 39.4 Å². The first kappa shape index (κ1) is 17.1. The second kappa shape index (κ2) is 8.41. The van der Waals surface area contributed by atoms with Gasteiger partial charge in [-0.15, -0.1) is 0 Å². The minimum Gasteiger partial charge on any atom is -0.483 e. The van der Waals surface area contributed by atoms with Crippen LogP contribution in [0.3, 0.4) is 0 Å². The molecule has 0 saturated carbocycles. The van der Waals surface area contributed by atoms with Gasteiger partial charge in [-0.1, -0.05) is 25.1 Å². The number of carbonyl (C=O) groups excluding carboxylic acids is 2. The monoisotopic (exact) mass is 320 g/mol. The molecule has 0 radical (unpaired) electrons. The molecule has 6 nitrogen and oxygen atoms in total. The lowest BCUT2D eigenvalue weighted by Crippen LogP contribution is -2.51. The third-order valence-electron chi connectivity index (χ3n) is 3.86. The van der Waals surface area contributed by atoms with Crippen molar-refractivity contribution in [2.24, 2.45) is 0 Å². The number of amides is 2. The van der Waals surface area contributed by atoms with Gasteiger partial charge >= 0.3 is 6.09 Å². The number of hydrogen-bond acceptors (Lipinski definition) is 4. The van der Waals surface area contributed by atoms with Crippen molar-refractivity contribution in [1.29, 1.82) is 0 Å². The minimum atomic E-state index is -0.312. The SMILES string of the molecule is CCOC(=O)N1CCN(C(=O)COc2ccccc2CC)CC1. The van der Waals surface area contributed by atoms with Crippen LogP contribution < -0.4 is 4.74 Å². The Bertz CT molecular complexity index is 539. The quantitative estimate of drug-likeness (QED) is 0.832. The molecule has 0 spiro atoms. The molecule has 1 aromatic rings. The predicted molar refractivity (Wildman–Crippen MR) is 86.5 cm³/mol. The summed E-state index contributed by atoms with van der Waals surface area (Å²) < 4.78 is 10.6. The summed E-state index contributed by atoms with van der Waals surface area (Å²) in [7, 11) is 0. The highest BCUT2D eigenvalue weighted by Gasteiger charge is 2.25. The summed E-state index contributed by atoms with van der Waals surface area (Å²) in [5.74, 6) is 0.702. The lowest BCUT2D eigenvalue weighted by molar-refractivity contribution is -0.135. The van der Waals surface area contributed by atoms with Crippen molar-refractivity contribution in [1.82, 2.24) is 9.80 Å². The maximum Gasteiger partial charge on any atom is 0.409 e. The van der Waals surface area contributed by atoms with Gasteiger partial charge in [0.05, 0.1) is 6.61 Å². The number of piperazine rings is 1. The van der Waals surface area contributed by atoms with E-state index >= 15 is 0 Å². The molecule has 2 amide bonds. The van der Waals surface area contributed by atoms with E-state index in [1.807, 2.05) is 24.3 Å². The van der Waals surface area contributed by atoms with Gasteiger partial charge in [0.2, 0.25) is 0 Å². The van der Waals surface area contributed by atoms with Crippen molar-refractivity contribution in [3.63, 3.8) is 0 Å². The second-order valence-electron chi connectivity index (χ2n) is 5.32. The molecule has 0 aliphatic carbocycles. The number of hydrogen-bond donors (Lipinski definition) is 0. The zero-order valence-electron chi connectivity index (χ0n) is 13.8. The summed E-state index contributed by atoms with van der Waals surface area (Å²) in [6.45, 7) is 6.24. The summed E-state index contributed by atoms with van der Waals surface area (Å²) in [6, 6.07) is 7.74. The van der Waals surface area contributed by atoms with Crippen molar-refractivity contribution < 1.29 is 19.1 Å². The Kier molecular flexibility index (Phi) is 6.26. The molecule has 0 atom stereocenters. The fourth-order valence-corrected chi connectivity index (χ4v) is 2.52. The van der Waals surface area contributed by atoms with Crippen molar-refractivity contribution in [3.8, 4) is 5.75 Å². The molecule has 0 N–H and O–H groups in total. The van der Waals surface area contributed by atoms with Gasteiger partial charge in [0.1, 0.15) is 5.75 Å². The molecule has 0 unspecified atom stereocenters. The predicted octanol–water partition coefficient (Wildman–Crippen LogP) is 1.93. The smallest absolute Gasteiger partial charge is 0.409 e. The normalized spacial score (nSPS) is 14.5. The summed E-state index contributed by atoms with van der Waals surface area (Å²) in [5, 5.41) is 0. The minimum absolute atomic E-state index is 0.0242. The molecule has 2 rings (SSSR count). The topological polar surface area (TPSA) is 59.1 Å². The number of nitrogens with zero attached hydrogens (tertiary/aromatic N) is 2. The van der Waals surface area contributed by atoms with Crippen LogP contribution in [0.1, 0.15) is 19.4 Å². The Morgan fingerprint density at radius 1 is 1.04 bits per heavy atom. The standard InChI is InChI=1S/C17H24N2O4/c1-3-14-7-5-6-8-15(14)23-13-16(20)18-9-11-19(12-10-18)17(21)22-4-2/h5-8H,3-4,9-13H2,1-2H3. The van der Waals surface area contributed by atoms with Gasteiger partial charge in [-0.2, -0.15) is 0 Å². The molecule has 126 valence electrons. The summed E-state index contributed by atoms with van der Waals surface area (Å²) in [5.41, 5.74) is 1.09. The highest BCUT2D eigenvalue weighted by Crippen LogP contribution is 2.18. The van der Waals surface area contributed by atoms with E-state index in [1.165, 1.54) is 0 Å². The van der Waals surface area contributed by atoms with Crippen LogP contribution in [0.25, 0.3) is 0 Å². The Morgan fingerprint density at radius 2 is 1.70 bits per heavy atom. The maximum atomic E-state index is 12.2. The zero-order valence-corrected chi connectivity index (χ0v) is 13.8. The number of rotatable bonds is 5. The molecule has 23 heavy (non-hydrogen) atoms. The van der Waals surface area contributed by atoms with Crippen LogP contribution in [-0.2, 0) is 16.0 Å². The van der Waals surface area contributed by atoms with Gasteiger partial charge in [-0.3, -0.25) is 4.79 Å². The zero-order chi connectivity index (χ0) is 16.7. The average molecular weight is 320 g/mol. The summed E-state index contributed by atoms with van der Waals surface area (Å²) >= 11 is 0. The fraction of sp³-hybridized carbons (Fsp3) is 0.529. The maximum absolute atomic E-state index is 12.2. The molecule has 6 heteroatoms. The van der Waals surface area contributed by atoms with Gasteiger partial charge in [-0.25, -0.2) is 4.79 Å². The van der Waals surface area contributed by atoms with E-state index in [-0.39, 0.29) is 18.6 Å². The van der Waals surface area contributed by atoms with Crippen molar-refractivity contribution >= 4 is 12.0 Å². The fourth-order valence-electron chi connectivity index (χ4n) is 2.52. The van der Waals surface area contributed by atoms with Crippen LogP contribution in [0.4, 0.5) is 4.79 Å². The summed E-state index contributed by atoms with van der Waals surface area (Å²) in [6.07, 6.45) is 0.551. The molecule has 1 fully saturated rings. The number of carbonyl (C=O) groups is 2. The van der Waals surface area contributed by atoms with Gasteiger partial charge in [-0.05, 0) is 25.0 Å². The highest BCUT2D eigenvalue weighted by atomic mass is 16.6. The van der Waals surface area contributed by atoms with Gasteiger partial charge in [0, 0.05) is 26.2 Å². The first-order valence-electron chi connectivity index (χ1n) is 8.05. The molecular formula is C17H24N2O4. The Morgan fingerprint density at radius 3 is 2.35 bits per heavy atom. The van der Waals surface area contributed by atoms with Crippen LogP contribution in [0.5, 0.6) is 5.75 Å². The molecule has 1 aliphatic rings. The number of aryl methyl sites for hydroxylation is 1. The third-order valence-corrected chi connectivity index (χ3v) is 3.86. The van der Waals surface area contributed by atoms with E-state index in [0.29, 0.717) is 32.8 Å². The molecule has 1 saturated heterocycles. The van der Waals surface area contributed by atoms with Crippen molar-refractivity contribution in [3.05, 3.63) is 29.8 Å². The third kappa shape index (κ3) is 4.61. The van der Waals surface area contributed by atoms with Gasteiger partial charge in [0.25, 0.3) is 5.91 Å². The van der Waals surface area contributed by atoms with Crippen molar-refractivity contribution in [2.45, 2.75) is 20.3 Å². The molecule has 1 heterocycles. The van der Waals surface area contributed by atoms with Gasteiger partial charge < -0.3 is 19.3 Å². The Hall–Kier alpha value is -2.24. The molecular weight excluding hydrogens is 296 g/mol. The largest absolute Gasteiger partial charge is 0.483 e. The number of ether oxygens (including phenoxy) is 2. The van der Waals surface area contributed by atoms with Gasteiger partial charge in [0.15, 0.2) is 6.61 Å². The van der Waals surface area contributed by atoms with E-state index in [9.17, 15) is 9.59 Å². The summed E-state index contributed by atoms with van der Waals surface area (Å²) in [4.78, 5) is 27.2. The lowest BCUT2D eigenvalue weighted by Gasteiger charge is -2.34. The molecule has 1 aliphatic heterocycles. The first-order valence-corrected chi connectivity index (χ1v) is 8.05. The van der Waals surface area contributed by atoms with Crippen LogP contribution in [-0.4, -0.2) is 61.2 Å². The Labute approximate surface area is 137 Å². The lowest BCUT2D eigenvalue weighted by atomic mass is 10.1. The molecule has 0 aromatic heterocycles. The van der Waals surface area contributed by atoms with Crippen LogP contribution in [0.2, 0.25) is 0 Å². The van der Waals surface area contributed by atoms with E-state index < -0.39 is 0 Å². The number of benzene rings is 1. The highest BCUT2D eigenvalue weighted by molar-refractivity contribution is 5.78. The first-order chi connectivity index (χ1) is 11.2.